The van der Waals surface area contributed by atoms with Crippen LogP contribution in [-0.2, 0) is 0 Å². The Morgan fingerprint density at radius 2 is 1.14 bits per heavy atom. The summed E-state index contributed by atoms with van der Waals surface area (Å²) < 4.78 is 0. The van der Waals surface area contributed by atoms with Gasteiger partial charge in [0.25, 0.3) is 0 Å². The standard InChI is InChI=1S/C22H26/c1-15(19-11-3-7-17-9-5-13-21(17)19)16(2)20-12-4-8-18-10-6-14-22(18)20/h5-6,9-10,13-16H,3-4,7-8,11-12H2,1-2H3. The Hall–Kier alpha value is -1.56. The van der Waals surface area contributed by atoms with Crippen molar-refractivity contribution in [3.63, 3.8) is 0 Å². The average Bonchev–Trinajstić information content (AvgIpc) is 3.21. The second-order valence-electron chi connectivity index (χ2n) is 7.26. The first kappa shape index (κ1) is 14.1. The van der Waals surface area contributed by atoms with Gasteiger partial charge in [0.1, 0.15) is 0 Å². The molecular formula is C22H26. The maximum atomic E-state index is 2.46. The summed E-state index contributed by atoms with van der Waals surface area (Å²) in [4.78, 5) is 0. The fourth-order valence-corrected chi connectivity index (χ4v) is 4.73. The molecule has 0 amide bonds. The summed E-state index contributed by atoms with van der Waals surface area (Å²) in [7, 11) is 0. The van der Waals surface area contributed by atoms with Crippen LogP contribution in [0.4, 0.5) is 0 Å². The minimum Gasteiger partial charge on any atom is -0.0614 e. The van der Waals surface area contributed by atoms with Crippen LogP contribution in [0.3, 0.4) is 0 Å². The SMILES string of the molecule is CC(C1=C2C=CC=C2CCC1)C(C)C1=C2C=CC=C2CCC1. The predicted octanol–water partition coefficient (Wildman–Crippen LogP) is 6.21. The summed E-state index contributed by atoms with van der Waals surface area (Å²) in [5.41, 5.74) is 9.75. The van der Waals surface area contributed by atoms with Crippen molar-refractivity contribution >= 4 is 0 Å². The Morgan fingerprint density at radius 1 is 0.682 bits per heavy atom. The van der Waals surface area contributed by atoms with Gasteiger partial charge < -0.3 is 0 Å². The van der Waals surface area contributed by atoms with Gasteiger partial charge in [-0.2, -0.15) is 0 Å². The molecular weight excluding hydrogens is 264 g/mol. The van der Waals surface area contributed by atoms with E-state index in [9.17, 15) is 0 Å². The molecule has 22 heavy (non-hydrogen) atoms. The van der Waals surface area contributed by atoms with Gasteiger partial charge in [-0.1, -0.05) is 61.4 Å². The zero-order valence-corrected chi connectivity index (χ0v) is 13.9. The number of fused-ring (bicyclic) bond motifs is 2. The Kier molecular flexibility index (Phi) is 3.56. The van der Waals surface area contributed by atoms with Gasteiger partial charge in [0, 0.05) is 0 Å². The van der Waals surface area contributed by atoms with Crippen LogP contribution in [0.5, 0.6) is 0 Å². The fraction of sp³-hybridized carbons (Fsp3) is 0.455. The summed E-state index contributed by atoms with van der Waals surface area (Å²) in [6.45, 7) is 4.93. The minimum atomic E-state index is 0.664. The molecule has 0 saturated carbocycles. The van der Waals surface area contributed by atoms with Crippen LogP contribution in [0.15, 0.2) is 69.9 Å². The van der Waals surface area contributed by atoms with E-state index < -0.39 is 0 Å². The molecule has 0 N–H and O–H groups in total. The van der Waals surface area contributed by atoms with Crippen molar-refractivity contribution in [2.24, 2.45) is 11.8 Å². The Labute approximate surface area is 134 Å². The molecule has 0 spiro atoms. The van der Waals surface area contributed by atoms with Crippen molar-refractivity contribution in [1.29, 1.82) is 0 Å². The molecule has 4 aliphatic rings. The number of hydrogen-bond acceptors (Lipinski definition) is 0. The molecule has 4 aliphatic carbocycles. The molecule has 0 nitrogen and oxygen atoms in total. The van der Waals surface area contributed by atoms with Gasteiger partial charge >= 0.3 is 0 Å². The predicted molar refractivity (Wildman–Crippen MR) is 94.5 cm³/mol. The van der Waals surface area contributed by atoms with E-state index >= 15 is 0 Å². The molecule has 0 bridgehead atoms. The van der Waals surface area contributed by atoms with Gasteiger partial charge in [-0.15, -0.1) is 0 Å². The highest BCUT2D eigenvalue weighted by atomic mass is 14.3. The van der Waals surface area contributed by atoms with Crippen LogP contribution >= 0.6 is 0 Å². The number of hydrogen-bond donors (Lipinski definition) is 0. The molecule has 0 heteroatoms. The molecule has 0 radical (unpaired) electrons. The third kappa shape index (κ3) is 2.20. The maximum absolute atomic E-state index is 2.46. The zero-order chi connectivity index (χ0) is 15.1. The van der Waals surface area contributed by atoms with Crippen LogP contribution in [-0.4, -0.2) is 0 Å². The quantitative estimate of drug-likeness (QED) is 0.579. The van der Waals surface area contributed by atoms with Gasteiger partial charge in [0.2, 0.25) is 0 Å². The maximum Gasteiger partial charge on any atom is -0.0159 e. The number of allylic oxidation sites excluding steroid dienone is 12. The minimum absolute atomic E-state index is 0.664. The normalized spacial score (nSPS) is 25.9. The monoisotopic (exact) mass is 290 g/mol. The first-order chi connectivity index (χ1) is 10.8. The lowest BCUT2D eigenvalue weighted by Crippen LogP contribution is -2.19. The lowest BCUT2D eigenvalue weighted by atomic mass is 9.72. The molecule has 0 aliphatic heterocycles. The molecule has 0 aromatic heterocycles. The smallest absolute Gasteiger partial charge is 0.0159 e. The highest BCUT2D eigenvalue weighted by molar-refractivity contribution is 5.55. The van der Waals surface area contributed by atoms with Gasteiger partial charge in [-0.25, -0.2) is 0 Å². The Balaban J connectivity index is 1.67. The highest BCUT2D eigenvalue weighted by Crippen LogP contribution is 2.44. The largest absolute Gasteiger partial charge is 0.0614 e. The van der Waals surface area contributed by atoms with Crippen molar-refractivity contribution in [3.8, 4) is 0 Å². The van der Waals surface area contributed by atoms with Gasteiger partial charge in [0.15, 0.2) is 0 Å². The van der Waals surface area contributed by atoms with Crippen LogP contribution < -0.4 is 0 Å². The lowest BCUT2D eigenvalue weighted by Gasteiger charge is -2.32. The van der Waals surface area contributed by atoms with Crippen LogP contribution in [0.1, 0.15) is 52.4 Å². The molecule has 2 atom stereocenters. The first-order valence-electron chi connectivity index (χ1n) is 8.97. The van der Waals surface area contributed by atoms with E-state index in [1.807, 2.05) is 0 Å². The summed E-state index contributed by atoms with van der Waals surface area (Å²) in [5.74, 6) is 1.33. The van der Waals surface area contributed by atoms with Crippen LogP contribution in [0.25, 0.3) is 0 Å². The fourth-order valence-electron chi connectivity index (χ4n) is 4.73. The van der Waals surface area contributed by atoms with Crippen LogP contribution in [0, 0.1) is 11.8 Å². The topological polar surface area (TPSA) is 0 Å². The zero-order valence-electron chi connectivity index (χ0n) is 13.9. The molecule has 0 aromatic rings. The van der Waals surface area contributed by atoms with Crippen molar-refractivity contribution in [3.05, 3.63) is 69.9 Å². The molecule has 0 fully saturated rings. The molecule has 0 heterocycles. The summed E-state index contributed by atoms with van der Waals surface area (Å²) >= 11 is 0. The van der Waals surface area contributed by atoms with Crippen molar-refractivity contribution < 1.29 is 0 Å². The second-order valence-corrected chi connectivity index (χ2v) is 7.26. The van der Waals surface area contributed by atoms with E-state index in [-0.39, 0.29) is 0 Å². The molecule has 114 valence electrons. The molecule has 4 rings (SSSR count). The number of rotatable bonds is 3. The van der Waals surface area contributed by atoms with Gasteiger partial charge in [-0.3, -0.25) is 0 Å². The van der Waals surface area contributed by atoms with Crippen molar-refractivity contribution in [2.45, 2.75) is 52.4 Å². The average molecular weight is 290 g/mol. The van der Waals surface area contributed by atoms with Gasteiger partial charge in [-0.05, 0) is 72.7 Å². The summed E-state index contributed by atoms with van der Waals surface area (Å²) in [6.07, 6.45) is 21.7. The Morgan fingerprint density at radius 3 is 1.59 bits per heavy atom. The van der Waals surface area contributed by atoms with Gasteiger partial charge in [0.05, 0.1) is 0 Å². The summed E-state index contributed by atoms with van der Waals surface area (Å²) in [5, 5.41) is 0. The molecule has 0 saturated heterocycles. The Bertz CT molecular complexity index is 613. The lowest BCUT2D eigenvalue weighted by molar-refractivity contribution is 0.455. The van der Waals surface area contributed by atoms with Crippen molar-refractivity contribution in [2.75, 3.05) is 0 Å². The van der Waals surface area contributed by atoms with E-state index in [0.29, 0.717) is 11.8 Å². The third-order valence-corrected chi connectivity index (χ3v) is 6.14. The van der Waals surface area contributed by atoms with Crippen molar-refractivity contribution in [1.82, 2.24) is 0 Å². The molecule has 0 aromatic carbocycles. The highest BCUT2D eigenvalue weighted by Gasteiger charge is 2.29. The van der Waals surface area contributed by atoms with Crippen LogP contribution in [0.2, 0.25) is 0 Å². The second kappa shape index (κ2) is 5.57. The molecule has 2 unspecified atom stereocenters. The summed E-state index contributed by atoms with van der Waals surface area (Å²) in [6, 6.07) is 0. The van der Waals surface area contributed by atoms with E-state index in [1.165, 1.54) is 38.5 Å². The first-order valence-corrected chi connectivity index (χ1v) is 8.97. The van der Waals surface area contributed by atoms with E-state index in [1.54, 1.807) is 33.4 Å². The van der Waals surface area contributed by atoms with E-state index in [4.69, 9.17) is 0 Å². The third-order valence-electron chi connectivity index (χ3n) is 6.14. The van der Waals surface area contributed by atoms with E-state index in [0.717, 1.165) is 0 Å². The van der Waals surface area contributed by atoms with E-state index in [2.05, 4.69) is 50.3 Å².